The van der Waals surface area contributed by atoms with Crippen LogP contribution in [-0.2, 0) is 14.3 Å². The van der Waals surface area contributed by atoms with Crippen molar-refractivity contribution in [3.8, 4) is 0 Å². The molecule has 5 nitrogen and oxygen atoms in total. The molecule has 1 amide bonds. The highest BCUT2D eigenvalue weighted by Gasteiger charge is 2.24. The van der Waals surface area contributed by atoms with Gasteiger partial charge < -0.3 is 15.2 Å². The van der Waals surface area contributed by atoms with Crippen molar-refractivity contribution in [2.24, 2.45) is 0 Å². The second-order valence-electron chi connectivity index (χ2n) is 6.97. The molecule has 2 aromatic carbocycles. The van der Waals surface area contributed by atoms with Crippen LogP contribution in [0.5, 0.6) is 0 Å². The van der Waals surface area contributed by atoms with Crippen LogP contribution in [0.15, 0.2) is 42.5 Å². The monoisotopic (exact) mass is 355 g/mol. The summed E-state index contributed by atoms with van der Waals surface area (Å²) in [6.07, 6.45) is 3.28. The van der Waals surface area contributed by atoms with E-state index in [1.165, 1.54) is 0 Å². The second kappa shape index (κ2) is 8.32. The Labute approximate surface area is 153 Å². The van der Waals surface area contributed by atoms with Gasteiger partial charge in [-0.3, -0.25) is 9.59 Å². The molecule has 3 atom stereocenters. The van der Waals surface area contributed by atoms with Gasteiger partial charge in [-0.1, -0.05) is 42.5 Å². The molecule has 3 rings (SSSR count). The Morgan fingerprint density at radius 3 is 2.69 bits per heavy atom. The van der Waals surface area contributed by atoms with Gasteiger partial charge in [0.25, 0.3) is 0 Å². The highest BCUT2D eigenvalue weighted by Crippen LogP contribution is 2.27. The summed E-state index contributed by atoms with van der Waals surface area (Å²) >= 11 is 0. The van der Waals surface area contributed by atoms with Crippen LogP contribution in [0.1, 0.15) is 50.6 Å². The van der Waals surface area contributed by atoms with Crippen molar-refractivity contribution in [2.75, 3.05) is 0 Å². The van der Waals surface area contributed by atoms with Gasteiger partial charge in [0.1, 0.15) is 0 Å². The fourth-order valence-electron chi connectivity index (χ4n) is 3.62. The minimum Gasteiger partial charge on any atom is -0.481 e. The average Bonchev–Trinajstić information content (AvgIpc) is 3.04. The quantitative estimate of drug-likeness (QED) is 0.792. The molecule has 1 fully saturated rings. The van der Waals surface area contributed by atoms with Gasteiger partial charge in [-0.25, -0.2) is 0 Å². The molecule has 26 heavy (non-hydrogen) atoms. The number of carbonyl (C=O) groups excluding carboxylic acids is 1. The van der Waals surface area contributed by atoms with E-state index in [-0.39, 0.29) is 24.5 Å². The summed E-state index contributed by atoms with van der Waals surface area (Å²) in [4.78, 5) is 23.8. The lowest BCUT2D eigenvalue weighted by molar-refractivity contribution is -0.137. The average molecular weight is 355 g/mol. The van der Waals surface area contributed by atoms with E-state index in [2.05, 4.69) is 5.32 Å². The van der Waals surface area contributed by atoms with E-state index in [9.17, 15) is 14.7 Å². The molecule has 2 unspecified atom stereocenters. The van der Waals surface area contributed by atoms with Crippen molar-refractivity contribution in [1.29, 1.82) is 0 Å². The number of nitrogens with one attached hydrogen (secondary N) is 1. The third-order valence-electron chi connectivity index (χ3n) is 4.93. The number of carbonyl (C=O) groups is 2. The minimum absolute atomic E-state index is 0.131. The van der Waals surface area contributed by atoms with Crippen LogP contribution < -0.4 is 5.32 Å². The predicted octanol–water partition coefficient (Wildman–Crippen LogP) is 3.82. The number of ether oxygens (including phenoxy) is 1. The van der Waals surface area contributed by atoms with Crippen molar-refractivity contribution >= 4 is 22.6 Å². The molecule has 0 spiro atoms. The Bertz CT molecular complexity index is 783. The van der Waals surface area contributed by atoms with E-state index in [4.69, 9.17) is 4.74 Å². The summed E-state index contributed by atoms with van der Waals surface area (Å²) in [6.45, 7) is 2.05. The molecule has 1 aliphatic rings. The number of benzene rings is 2. The van der Waals surface area contributed by atoms with Gasteiger partial charge in [-0.2, -0.15) is 0 Å². The Morgan fingerprint density at radius 1 is 1.19 bits per heavy atom. The number of aliphatic carboxylic acids is 1. The van der Waals surface area contributed by atoms with Crippen LogP contribution in [0.25, 0.3) is 10.8 Å². The molecule has 0 radical (unpaired) electrons. The van der Waals surface area contributed by atoms with Gasteiger partial charge in [-0.15, -0.1) is 0 Å². The fourth-order valence-corrected chi connectivity index (χ4v) is 3.62. The predicted molar refractivity (Wildman–Crippen MR) is 99.9 cm³/mol. The number of hydrogen-bond acceptors (Lipinski definition) is 3. The Hall–Kier alpha value is -2.40. The fraction of sp³-hybridized carbons (Fsp3) is 0.429. The molecule has 0 saturated carbocycles. The number of amides is 1. The van der Waals surface area contributed by atoms with E-state index in [1.807, 2.05) is 49.4 Å². The van der Waals surface area contributed by atoms with E-state index >= 15 is 0 Å². The van der Waals surface area contributed by atoms with E-state index in [0.717, 1.165) is 29.2 Å². The lowest BCUT2D eigenvalue weighted by Crippen LogP contribution is -2.30. The van der Waals surface area contributed by atoms with Crippen molar-refractivity contribution in [2.45, 2.75) is 57.3 Å². The van der Waals surface area contributed by atoms with Crippen molar-refractivity contribution < 1.29 is 19.4 Å². The molecule has 0 aromatic heterocycles. The molecule has 1 saturated heterocycles. The SMILES string of the molecule is CC1CCC(CCC(=O)N[C@H](CC(=O)O)c2cccc3ccccc23)O1. The van der Waals surface area contributed by atoms with Crippen LogP contribution in [0.2, 0.25) is 0 Å². The molecule has 2 N–H and O–H groups in total. The van der Waals surface area contributed by atoms with E-state index in [1.54, 1.807) is 0 Å². The van der Waals surface area contributed by atoms with Crippen LogP contribution in [0.4, 0.5) is 0 Å². The van der Waals surface area contributed by atoms with Gasteiger partial charge in [-0.05, 0) is 42.5 Å². The Balaban J connectivity index is 1.71. The summed E-state index contributed by atoms with van der Waals surface area (Å²) in [5.41, 5.74) is 0.838. The van der Waals surface area contributed by atoms with Crippen LogP contribution >= 0.6 is 0 Å². The normalized spacial score (nSPS) is 20.8. The van der Waals surface area contributed by atoms with Crippen molar-refractivity contribution in [1.82, 2.24) is 5.32 Å². The van der Waals surface area contributed by atoms with E-state index < -0.39 is 12.0 Å². The van der Waals surface area contributed by atoms with Crippen LogP contribution in [0.3, 0.4) is 0 Å². The molecule has 0 aliphatic carbocycles. The lowest BCUT2D eigenvalue weighted by atomic mass is 9.96. The third-order valence-corrected chi connectivity index (χ3v) is 4.93. The Morgan fingerprint density at radius 2 is 1.96 bits per heavy atom. The summed E-state index contributed by atoms with van der Waals surface area (Å²) in [5.74, 6) is -1.07. The van der Waals surface area contributed by atoms with Gasteiger partial charge in [0.15, 0.2) is 0 Å². The molecule has 138 valence electrons. The summed E-state index contributed by atoms with van der Waals surface area (Å²) in [7, 11) is 0. The topological polar surface area (TPSA) is 75.6 Å². The zero-order valence-corrected chi connectivity index (χ0v) is 15.0. The summed E-state index contributed by atoms with van der Waals surface area (Å²) in [6, 6.07) is 13.0. The highest BCUT2D eigenvalue weighted by atomic mass is 16.5. The molecule has 0 bridgehead atoms. The first-order valence-corrected chi connectivity index (χ1v) is 9.17. The number of hydrogen-bond donors (Lipinski definition) is 2. The summed E-state index contributed by atoms with van der Waals surface area (Å²) < 4.78 is 5.75. The first-order valence-electron chi connectivity index (χ1n) is 9.17. The van der Waals surface area contributed by atoms with Gasteiger partial charge in [0.2, 0.25) is 5.91 Å². The molecule has 1 heterocycles. The first kappa shape index (κ1) is 18.4. The van der Waals surface area contributed by atoms with Crippen LogP contribution in [0, 0.1) is 0 Å². The largest absolute Gasteiger partial charge is 0.481 e. The van der Waals surface area contributed by atoms with Crippen LogP contribution in [-0.4, -0.2) is 29.2 Å². The van der Waals surface area contributed by atoms with Crippen molar-refractivity contribution in [3.05, 3.63) is 48.0 Å². The highest BCUT2D eigenvalue weighted by molar-refractivity contribution is 5.87. The zero-order valence-electron chi connectivity index (χ0n) is 15.0. The number of carboxylic acids is 1. The Kier molecular flexibility index (Phi) is 5.89. The minimum atomic E-state index is -0.934. The maximum atomic E-state index is 12.4. The third kappa shape index (κ3) is 4.61. The van der Waals surface area contributed by atoms with Gasteiger partial charge >= 0.3 is 5.97 Å². The number of carboxylic acid groups (broad SMARTS) is 1. The smallest absolute Gasteiger partial charge is 0.305 e. The number of fused-ring (bicyclic) bond motifs is 1. The lowest BCUT2D eigenvalue weighted by Gasteiger charge is -2.20. The van der Waals surface area contributed by atoms with Crippen molar-refractivity contribution in [3.63, 3.8) is 0 Å². The molecular formula is C21H25NO4. The molecular weight excluding hydrogens is 330 g/mol. The molecule has 1 aliphatic heterocycles. The number of rotatable bonds is 7. The first-order chi connectivity index (χ1) is 12.5. The summed E-state index contributed by atoms with van der Waals surface area (Å²) in [5, 5.41) is 14.2. The maximum Gasteiger partial charge on any atom is 0.305 e. The maximum absolute atomic E-state index is 12.4. The standard InChI is InChI=1S/C21H25NO4/c1-14-9-10-16(26-14)11-12-20(23)22-19(13-21(24)25)18-8-4-6-15-5-2-3-7-17(15)18/h2-8,14,16,19H,9-13H2,1H3,(H,22,23)(H,24,25)/t14?,16?,19-/m1/s1. The van der Waals surface area contributed by atoms with Gasteiger partial charge in [0, 0.05) is 6.42 Å². The second-order valence-corrected chi connectivity index (χ2v) is 6.97. The molecule has 2 aromatic rings. The van der Waals surface area contributed by atoms with E-state index in [0.29, 0.717) is 12.8 Å². The molecule has 5 heteroatoms. The zero-order chi connectivity index (χ0) is 18.5. The van der Waals surface area contributed by atoms with Gasteiger partial charge in [0.05, 0.1) is 24.7 Å².